The number of nitrogens with zero attached hydrogens (tertiary/aromatic N) is 2. The smallest absolute Gasteiger partial charge is 0.101 e. The summed E-state index contributed by atoms with van der Waals surface area (Å²) in [6, 6.07) is 2.00. The maximum Gasteiger partial charge on any atom is 0.101 e. The van der Waals surface area contributed by atoms with E-state index >= 15 is 0 Å². The Balaban J connectivity index is 2.00. The van der Waals surface area contributed by atoms with Crippen LogP contribution in [0.2, 0.25) is 0 Å². The van der Waals surface area contributed by atoms with Gasteiger partial charge >= 0.3 is 0 Å². The Morgan fingerprint density at radius 2 is 2.24 bits per heavy atom. The molecule has 0 amide bonds. The molecule has 1 aliphatic heterocycles. The van der Waals surface area contributed by atoms with E-state index in [1.807, 2.05) is 37.0 Å². The van der Waals surface area contributed by atoms with Crippen molar-refractivity contribution in [2.45, 2.75) is 18.9 Å². The van der Waals surface area contributed by atoms with Crippen LogP contribution in [0.15, 0.2) is 18.5 Å². The van der Waals surface area contributed by atoms with E-state index in [4.69, 9.17) is 0 Å². The van der Waals surface area contributed by atoms with Crippen LogP contribution in [0.5, 0.6) is 0 Å². The van der Waals surface area contributed by atoms with E-state index in [-0.39, 0.29) is 0 Å². The van der Waals surface area contributed by atoms with Crippen LogP contribution in [-0.2, 0) is 12.6 Å². The summed E-state index contributed by atoms with van der Waals surface area (Å²) >= 11 is 0. The summed E-state index contributed by atoms with van der Waals surface area (Å²) in [6.07, 6.45) is 5.13. The SMILES string of the molecule is Cn1ccc(C(C)(O)CN2CCCNCC2)c1. The second-order valence-corrected chi connectivity index (χ2v) is 5.22. The predicted molar refractivity (Wildman–Crippen MR) is 68.9 cm³/mol. The van der Waals surface area contributed by atoms with Gasteiger partial charge in [0.15, 0.2) is 0 Å². The van der Waals surface area contributed by atoms with Crippen molar-refractivity contribution in [3.8, 4) is 0 Å². The van der Waals surface area contributed by atoms with Gasteiger partial charge in [0.05, 0.1) is 0 Å². The number of β-amino-alcohol motifs (C(OH)–C–C–N with tert-alkyl or cyclic N) is 1. The maximum atomic E-state index is 10.6. The summed E-state index contributed by atoms with van der Waals surface area (Å²) in [5, 5.41) is 13.9. The van der Waals surface area contributed by atoms with Crippen molar-refractivity contribution >= 4 is 0 Å². The predicted octanol–water partition coefficient (Wildman–Crippen LogP) is 0.528. The number of hydrogen-bond donors (Lipinski definition) is 2. The van der Waals surface area contributed by atoms with Crippen molar-refractivity contribution in [1.29, 1.82) is 0 Å². The topological polar surface area (TPSA) is 40.4 Å². The molecule has 1 unspecified atom stereocenters. The van der Waals surface area contributed by atoms with Crippen LogP contribution in [0.4, 0.5) is 0 Å². The molecule has 1 saturated heterocycles. The Kier molecular flexibility index (Phi) is 3.86. The second kappa shape index (κ2) is 5.21. The molecule has 0 bridgehead atoms. The molecule has 1 atom stereocenters. The molecule has 2 rings (SSSR count). The van der Waals surface area contributed by atoms with E-state index in [1.54, 1.807) is 0 Å². The van der Waals surface area contributed by atoms with Crippen molar-refractivity contribution < 1.29 is 5.11 Å². The molecule has 4 heteroatoms. The first-order chi connectivity index (χ1) is 8.08. The molecule has 0 spiro atoms. The third kappa shape index (κ3) is 3.31. The lowest BCUT2D eigenvalue weighted by molar-refractivity contribution is 0.0177. The van der Waals surface area contributed by atoms with E-state index in [0.29, 0.717) is 6.54 Å². The van der Waals surface area contributed by atoms with Crippen molar-refractivity contribution in [2.75, 3.05) is 32.7 Å². The lowest BCUT2D eigenvalue weighted by Crippen LogP contribution is -2.40. The minimum atomic E-state index is -0.758. The highest BCUT2D eigenvalue weighted by Gasteiger charge is 2.27. The van der Waals surface area contributed by atoms with Gasteiger partial charge in [0, 0.05) is 44.6 Å². The third-order valence-electron chi connectivity index (χ3n) is 3.42. The Bertz CT molecular complexity index is 351. The lowest BCUT2D eigenvalue weighted by atomic mass is 9.98. The molecular weight excluding hydrogens is 214 g/mol. The van der Waals surface area contributed by atoms with Gasteiger partial charge < -0.3 is 15.0 Å². The zero-order valence-corrected chi connectivity index (χ0v) is 10.8. The van der Waals surface area contributed by atoms with Crippen molar-refractivity contribution in [1.82, 2.24) is 14.8 Å². The summed E-state index contributed by atoms with van der Waals surface area (Å²) in [4.78, 5) is 2.34. The van der Waals surface area contributed by atoms with Crippen LogP contribution in [0.25, 0.3) is 0 Å². The van der Waals surface area contributed by atoms with E-state index in [2.05, 4.69) is 10.2 Å². The van der Waals surface area contributed by atoms with Crippen LogP contribution in [0.1, 0.15) is 18.9 Å². The van der Waals surface area contributed by atoms with Crippen LogP contribution in [0, 0.1) is 0 Å². The van der Waals surface area contributed by atoms with Gasteiger partial charge in [-0.3, -0.25) is 4.90 Å². The summed E-state index contributed by atoms with van der Waals surface area (Å²) in [7, 11) is 1.98. The van der Waals surface area contributed by atoms with Gasteiger partial charge in [-0.1, -0.05) is 0 Å². The Labute approximate surface area is 103 Å². The van der Waals surface area contributed by atoms with Crippen LogP contribution in [0.3, 0.4) is 0 Å². The molecule has 1 aromatic rings. The molecule has 2 N–H and O–H groups in total. The van der Waals surface area contributed by atoms with E-state index in [0.717, 1.165) is 38.2 Å². The van der Waals surface area contributed by atoms with Gasteiger partial charge in [-0.2, -0.15) is 0 Å². The summed E-state index contributed by atoms with van der Waals surface area (Å²) in [5.74, 6) is 0. The van der Waals surface area contributed by atoms with Crippen LogP contribution >= 0.6 is 0 Å². The van der Waals surface area contributed by atoms with Crippen LogP contribution in [-0.4, -0.2) is 47.3 Å². The number of hydrogen-bond acceptors (Lipinski definition) is 3. The van der Waals surface area contributed by atoms with Crippen LogP contribution < -0.4 is 5.32 Å². The molecule has 0 saturated carbocycles. The van der Waals surface area contributed by atoms with E-state index in [1.165, 1.54) is 0 Å². The number of rotatable bonds is 3. The van der Waals surface area contributed by atoms with Crippen molar-refractivity contribution in [3.63, 3.8) is 0 Å². The fraction of sp³-hybridized carbons (Fsp3) is 0.692. The minimum Gasteiger partial charge on any atom is -0.384 e. The first-order valence-corrected chi connectivity index (χ1v) is 6.36. The van der Waals surface area contributed by atoms with Gasteiger partial charge in [-0.25, -0.2) is 0 Å². The molecule has 17 heavy (non-hydrogen) atoms. The third-order valence-corrected chi connectivity index (χ3v) is 3.42. The monoisotopic (exact) mass is 237 g/mol. The summed E-state index contributed by atoms with van der Waals surface area (Å²) in [6.45, 7) is 6.80. The highest BCUT2D eigenvalue weighted by Crippen LogP contribution is 2.22. The molecule has 1 fully saturated rings. The number of nitrogens with one attached hydrogen (secondary N) is 1. The molecular formula is C13H23N3O. The summed E-state index contributed by atoms with van der Waals surface area (Å²) < 4.78 is 1.98. The second-order valence-electron chi connectivity index (χ2n) is 5.22. The molecule has 2 heterocycles. The molecule has 4 nitrogen and oxygen atoms in total. The van der Waals surface area contributed by atoms with Gasteiger partial charge in [0.2, 0.25) is 0 Å². The Morgan fingerprint density at radius 1 is 1.41 bits per heavy atom. The fourth-order valence-corrected chi connectivity index (χ4v) is 2.41. The fourth-order valence-electron chi connectivity index (χ4n) is 2.41. The Hall–Kier alpha value is -0.840. The number of aromatic nitrogens is 1. The van der Waals surface area contributed by atoms with Gasteiger partial charge in [0.25, 0.3) is 0 Å². The summed E-state index contributed by atoms with van der Waals surface area (Å²) in [5.41, 5.74) is 0.239. The van der Waals surface area contributed by atoms with Gasteiger partial charge in [0.1, 0.15) is 5.60 Å². The molecule has 1 aromatic heterocycles. The Morgan fingerprint density at radius 3 is 2.94 bits per heavy atom. The van der Waals surface area contributed by atoms with E-state index in [9.17, 15) is 5.11 Å². The van der Waals surface area contributed by atoms with Gasteiger partial charge in [-0.05, 0) is 32.5 Å². The van der Waals surface area contributed by atoms with Crippen molar-refractivity contribution in [2.24, 2.45) is 7.05 Å². The van der Waals surface area contributed by atoms with Crippen molar-refractivity contribution in [3.05, 3.63) is 24.0 Å². The zero-order valence-electron chi connectivity index (χ0n) is 10.8. The average Bonchev–Trinajstić information content (AvgIpc) is 2.55. The zero-order chi connectivity index (χ0) is 12.3. The normalized spacial score (nSPS) is 22.1. The highest BCUT2D eigenvalue weighted by molar-refractivity contribution is 5.18. The molecule has 1 aliphatic rings. The molecule has 0 aliphatic carbocycles. The maximum absolute atomic E-state index is 10.6. The average molecular weight is 237 g/mol. The van der Waals surface area contributed by atoms with E-state index < -0.39 is 5.60 Å². The highest BCUT2D eigenvalue weighted by atomic mass is 16.3. The quantitative estimate of drug-likeness (QED) is 0.805. The molecule has 0 aromatic carbocycles. The number of aliphatic hydroxyl groups is 1. The molecule has 96 valence electrons. The first kappa shape index (κ1) is 12.6. The standard InChI is InChI=1S/C13H23N3O/c1-13(17,12-4-8-15(2)10-12)11-16-7-3-5-14-6-9-16/h4,8,10,14,17H,3,5-7,9,11H2,1-2H3. The largest absolute Gasteiger partial charge is 0.384 e. The number of aryl methyl sites for hydroxylation is 1. The minimum absolute atomic E-state index is 0.707. The van der Waals surface area contributed by atoms with Gasteiger partial charge in [-0.15, -0.1) is 0 Å². The first-order valence-electron chi connectivity index (χ1n) is 6.36. The lowest BCUT2D eigenvalue weighted by Gasteiger charge is -2.30. The molecule has 0 radical (unpaired) electrons.